The first-order valence-electron chi connectivity index (χ1n) is 6.85. The minimum Gasteiger partial charge on any atom is -0.0798 e. The smallest absolute Gasteiger partial charge is 0.00151 e. The van der Waals surface area contributed by atoms with Crippen molar-refractivity contribution in [2.75, 3.05) is 0 Å². The van der Waals surface area contributed by atoms with Crippen molar-refractivity contribution in [3.05, 3.63) is 22.8 Å². The third kappa shape index (κ3) is 1.99. The van der Waals surface area contributed by atoms with Crippen LogP contribution in [0.25, 0.3) is 0 Å². The molecule has 1 fully saturated rings. The Hall–Kier alpha value is -0.520. The van der Waals surface area contributed by atoms with Gasteiger partial charge in [0.05, 0.1) is 0 Å². The molecule has 4 atom stereocenters. The lowest BCUT2D eigenvalue weighted by Gasteiger charge is -2.36. The lowest BCUT2D eigenvalue weighted by Crippen LogP contribution is -2.26. The Morgan fingerprint density at radius 1 is 1.12 bits per heavy atom. The summed E-state index contributed by atoms with van der Waals surface area (Å²) in [5, 5.41) is 0. The molecule has 0 N–H and O–H groups in total. The molecule has 0 bridgehead atoms. The highest BCUT2D eigenvalue weighted by atomic mass is 14.4. The molecule has 0 heteroatoms. The maximum Gasteiger partial charge on any atom is -0.00151 e. The number of fused-ring (bicyclic) bond motifs is 1. The van der Waals surface area contributed by atoms with Crippen LogP contribution in [-0.2, 0) is 0 Å². The van der Waals surface area contributed by atoms with Gasteiger partial charge in [0.2, 0.25) is 0 Å². The van der Waals surface area contributed by atoms with Crippen LogP contribution in [0.4, 0.5) is 0 Å². The topological polar surface area (TPSA) is 0 Å². The van der Waals surface area contributed by atoms with E-state index in [1.807, 2.05) is 5.57 Å². The molecule has 4 unspecified atom stereocenters. The molecule has 0 radical (unpaired) electrons. The molecule has 1 saturated carbocycles. The third-order valence-corrected chi connectivity index (χ3v) is 4.57. The molecule has 2 aliphatic carbocycles. The van der Waals surface area contributed by atoms with Crippen LogP contribution in [0.1, 0.15) is 53.9 Å². The molecule has 0 saturated heterocycles. The van der Waals surface area contributed by atoms with E-state index in [0.29, 0.717) is 0 Å². The quantitative estimate of drug-likeness (QED) is 0.545. The fraction of sp³-hybridized carbons (Fsp3) is 0.750. The maximum absolute atomic E-state index is 2.51. The Balaban J connectivity index is 2.32. The fourth-order valence-electron chi connectivity index (χ4n) is 4.10. The lowest BCUT2D eigenvalue weighted by atomic mass is 9.69. The van der Waals surface area contributed by atoms with Gasteiger partial charge in [-0.05, 0) is 63.7 Å². The van der Waals surface area contributed by atoms with Crippen molar-refractivity contribution in [1.82, 2.24) is 0 Å². The zero-order valence-corrected chi connectivity index (χ0v) is 11.5. The number of hydrogen-bond acceptors (Lipinski definition) is 0. The fourth-order valence-corrected chi connectivity index (χ4v) is 4.10. The Labute approximate surface area is 101 Å². The number of hydrogen-bond donors (Lipinski definition) is 0. The molecule has 2 rings (SSSR count). The summed E-state index contributed by atoms with van der Waals surface area (Å²) in [6, 6.07) is 0. The van der Waals surface area contributed by atoms with Crippen LogP contribution in [0, 0.1) is 23.7 Å². The first-order chi connectivity index (χ1) is 7.50. The van der Waals surface area contributed by atoms with E-state index < -0.39 is 0 Å². The van der Waals surface area contributed by atoms with Gasteiger partial charge in [0, 0.05) is 0 Å². The van der Waals surface area contributed by atoms with Crippen LogP contribution in [0.5, 0.6) is 0 Å². The second-order valence-electron chi connectivity index (χ2n) is 6.35. The normalized spacial score (nSPS) is 38.6. The van der Waals surface area contributed by atoms with E-state index in [-0.39, 0.29) is 0 Å². The van der Waals surface area contributed by atoms with Gasteiger partial charge in [0.1, 0.15) is 0 Å². The summed E-state index contributed by atoms with van der Waals surface area (Å²) in [6.45, 7) is 11.7. The second kappa shape index (κ2) is 4.39. The summed E-state index contributed by atoms with van der Waals surface area (Å²) in [5.74, 6) is 3.44. The van der Waals surface area contributed by atoms with Crippen LogP contribution in [-0.4, -0.2) is 0 Å². The van der Waals surface area contributed by atoms with Crippen molar-refractivity contribution in [3.8, 4) is 0 Å². The van der Waals surface area contributed by atoms with Crippen LogP contribution in [0.2, 0.25) is 0 Å². The van der Waals surface area contributed by atoms with Gasteiger partial charge in [-0.25, -0.2) is 0 Å². The van der Waals surface area contributed by atoms with Gasteiger partial charge in [-0.15, -0.1) is 0 Å². The van der Waals surface area contributed by atoms with Crippen LogP contribution in [0.15, 0.2) is 22.8 Å². The van der Waals surface area contributed by atoms with E-state index in [9.17, 15) is 0 Å². The Morgan fingerprint density at radius 2 is 1.81 bits per heavy atom. The van der Waals surface area contributed by atoms with E-state index in [0.717, 1.165) is 23.7 Å². The molecule has 0 heterocycles. The van der Waals surface area contributed by atoms with Gasteiger partial charge in [-0.3, -0.25) is 0 Å². The molecule has 90 valence electrons. The SMILES string of the molecule is CC(C)=CC1CCC(C)C2C1=C(C)CC2C. The van der Waals surface area contributed by atoms with Gasteiger partial charge in [-0.1, -0.05) is 36.6 Å². The van der Waals surface area contributed by atoms with Crippen molar-refractivity contribution in [1.29, 1.82) is 0 Å². The van der Waals surface area contributed by atoms with Gasteiger partial charge < -0.3 is 0 Å². The minimum atomic E-state index is 0.760. The average Bonchev–Trinajstić information content (AvgIpc) is 2.47. The maximum atomic E-state index is 2.51. The minimum absolute atomic E-state index is 0.760. The number of rotatable bonds is 1. The Bertz CT molecular complexity index is 328. The molecule has 2 aliphatic rings. The van der Waals surface area contributed by atoms with Crippen LogP contribution in [0.3, 0.4) is 0 Å². The van der Waals surface area contributed by atoms with Crippen LogP contribution < -0.4 is 0 Å². The van der Waals surface area contributed by atoms with Crippen molar-refractivity contribution < 1.29 is 0 Å². The molecular weight excluding hydrogens is 192 g/mol. The standard InChI is InChI=1S/C16H26/c1-10(2)8-14-7-6-11(3)15-12(4)9-13(5)16(14)15/h8,11-12,14-15H,6-7,9H2,1-5H3. The van der Waals surface area contributed by atoms with Crippen molar-refractivity contribution >= 4 is 0 Å². The summed E-state index contributed by atoms with van der Waals surface area (Å²) >= 11 is 0. The van der Waals surface area contributed by atoms with E-state index in [4.69, 9.17) is 0 Å². The summed E-state index contributed by atoms with van der Waals surface area (Å²) in [5.41, 5.74) is 5.00. The summed E-state index contributed by atoms with van der Waals surface area (Å²) in [6.07, 6.45) is 6.65. The Kier molecular flexibility index (Phi) is 3.28. The van der Waals surface area contributed by atoms with Gasteiger partial charge in [0.25, 0.3) is 0 Å². The molecule has 0 aliphatic heterocycles. The first-order valence-corrected chi connectivity index (χ1v) is 6.85. The molecule has 0 spiro atoms. The summed E-state index contributed by atoms with van der Waals surface area (Å²) in [7, 11) is 0. The molecule has 0 nitrogen and oxygen atoms in total. The summed E-state index contributed by atoms with van der Waals surface area (Å²) < 4.78 is 0. The molecule has 0 amide bonds. The molecular formula is C16H26. The highest BCUT2D eigenvalue weighted by molar-refractivity contribution is 5.31. The molecule has 0 aromatic heterocycles. The highest BCUT2D eigenvalue weighted by Crippen LogP contribution is 2.50. The molecule has 0 aromatic carbocycles. The predicted molar refractivity (Wildman–Crippen MR) is 71.3 cm³/mol. The largest absolute Gasteiger partial charge is 0.0798 e. The Morgan fingerprint density at radius 3 is 2.44 bits per heavy atom. The van der Waals surface area contributed by atoms with E-state index in [2.05, 4.69) is 40.7 Å². The lowest BCUT2D eigenvalue weighted by molar-refractivity contribution is 0.247. The first kappa shape index (κ1) is 12.0. The van der Waals surface area contributed by atoms with Gasteiger partial charge in [0.15, 0.2) is 0 Å². The summed E-state index contributed by atoms with van der Waals surface area (Å²) in [4.78, 5) is 0. The zero-order chi connectivity index (χ0) is 11.9. The van der Waals surface area contributed by atoms with Crippen molar-refractivity contribution in [3.63, 3.8) is 0 Å². The molecule has 16 heavy (non-hydrogen) atoms. The van der Waals surface area contributed by atoms with Gasteiger partial charge >= 0.3 is 0 Å². The third-order valence-electron chi connectivity index (χ3n) is 4.57. The van der Waals surface area contributed by atoms with Crippen LogP contribution >= 0.6 is 0 Å². The monoisotopic (exact) mass is 218 g/mol. The number of allylic oxidation sites excluding steroid dienone is 4. The van der Waals surface area contributed by atoms with Gasteiger partial charge in [-0.2, -0.15) is 0 Å². The van der Waals surface area contributed by atoms with Crippen molar-refractivity contribution in [2.24, 2.45) is 23.7 Å². The van der Waals surface area contributed by atoms with E-state index in [1.54, 1.807) is 5.57 Å². The average molecular weight is 218 g/mol. The molecule has 0 aromatic rings. The van der Waals surface area contributed by atoms with E-state index >= 15 is 0 Å². The highest BCUT2D eigenvalue weighted by Gasteiger charge is 2.39. The second-order valence-corrected chi connectivity index (χ2v) is 6.35. The zero-order valence-electron chi connectivity index (χ0n) is 11.5. The van der Waals surface area contributed by atoms with Crippen molar-refractivity contribution in [2.45, 2.75) is 53.9 Å². The predicted octanol–water partition coefficient (Wildman–Crippen LogP) is 4.97. The van der Waals surface area contributed by atoms with E-state index in [1.165, 1.54) is 24.8 Å².